The second-order valence-corrected chi connectivity index (χ2v) is 4.10. The molecule has 0 bridgehead atoms. The van der Waals surface area contributed by atoms with Crippen LogP contribution < -0.4 is 5.32 Å². The van der Waals surface area contributed by atoms with Crippen molar-refractivity contribution in [3.63, 3.8) is 0 Å². The molecule has 0 spiro atoms. The summed E-state index contributed by atoms with van der Waals surface area (Å²) in [5.74, 6) is 0.748. The first-order valence-corrected chi connectivity index (χ1v) is 4.89. The Balaban J connectivity index is 2.10. The fraction of sp³-hybridized carbons (Fsp3) is 0.556. The van der Waals surface area contributed by atoms with E-state index in [1.807, 2.05) is 0 Å². The van der Waals surface area contributed by atoms with E-state index in [4.69, 9.17) is 16.3 Å². The van der Waals surface area contributed by atoms with Crippen LogP contribution in [0.15, 0.2) is 12.4 Å². The molecule has 0 aliphatic carbocycles. The first-order chi connectivity index (χ1) is 6.68. The van der Waals surface area contributed by atoms with Crippen molar-refractivity contribution >= 4 is 17.4 Å². The summed E-state index contributed by atoms with van der Waals surface area (Å²) in [7, 11) is 0. The van der Waals surface area contributed by atoms with Gasteiger partial charge in [0.25, 0.3) is 0 Å². The highest BCUT2D eigenvalue weighted by atomic mass is 35.5. The predicted octanol–water partition coefficient (Wildman–Crippen LogP) is 1.72. The highest BCUT2D eigenvalue weighted by Gasteiger charge is 2.29. The lowest BCUT2D eigenvalue weighted by Crippen LogP contribution is -2.35. The Bertz CT molecular complexity index is 326. The van der Waals surface area contributed by atoms with Crippen molar-refractivity contribution in [2.24, 2.45) is 0 Å². The molecule has 0 radical (unpaired) electrons. The summed E-state index contributed by atoms with van der Waals surface area (Å²) < 4.78 is 5.32. The molecule has 5 heteroatoms. The lowest BCUT2D eigenvalue weighted by atomic mass is 10.0. The van der Waals surface area contributed by atoms with Crippen molar-refractivity contribution in [2.75, 3.05) is 18.5 Å². The zero-order chi connectivity index (χ0) is 10.0. The van der Waals surface area contributed by atoms with Crippen LogP contribution in [-0.2, 0) is 4.74 Å². The molecule has 14 heavy (non-hydrogen) atoms. The first kappa shape index (κ1) is 9.68. The summed E-state index contributed by atoms with van der Waals surface area (Å²) >= 11 is 5.75. The smallest absolute Gasteiger partial charge is 0.134 e. The molecule has 0 saturated carbocycles. The van der Waals surface area contributed by atoms with Crippen LogP contribution >= 0.6 is 11.6 Å². The highest BCUT2D eigenvalue weighted by molar-refractivity contribution is 6.29. The maximum atomic E-state index is 5.75. The molecule has 1 aliphatic rings. The number of nitrogens with one attached hydrogen (secondary N) is 1. The lowest BCUT2D eigenvalue weighted by Gasteiger charge is -2.23. The van der Waals surface area contributed by atoms with Crippen LogP contribution in [0.3, 0.4) is 0 Å². The van der Waals surface area contributed by atoms with Crippen LogP contribution in [0.1, 0.15) is 13.3 Å². The maximum absolute atomic E-state index is 5.75. The van der Waals surface area contributed by atoms with Crippen molar-refractivity contribution in [2.45, 2.75) is 18.9 Å². The number of nitrogens with zero attached hydrogens (tertiary/aromatic N) is 2. The molecular formula is C9H12ClN3O. The van der Waals surface area contributed by atoms with Crippen LogP contribution in [0.4, 0.5) is 5.82 Å². The standard InChI is InChI=1S/C9H12ClN3O/c1-9(2-3-14-5-9)13-8-4-7(10)11-6-12-8/h4,6H,2-3,5H2,1H3,(H,11,12,13). The summed E-state index contributed by atoms with van der Waals surface area (Å²) in [6, 6.07) is 1.71. The van der Waals surface area contributed by atoms with Crippen LogP contribution in [0.2, 0.25) is 5.15 Å². The van der Waals surface area contributed by atoms with E-state index in [-0.39, 0.29) is 5.54 Å². The number of ether oxygens (including phenoxy) is 1. The summed E-state index contributed by atoms with van der Waals surface area (Å²) in [5.41, 5.74) is -0.0301. The van der Waals surface area contributed by atoms with E-state index in [0.717, 1.165) is 18.8 Å². The van der Waals surface area contributed by atoms with Crippen LogP contribution in [0.25, 0.3) is 0 Å². The fourth-order valence-electron chi connectivity index (χ4n) is 1.48. The van der Waals surface area contributed by atoms with Crippen molar-refractivity contribution in [3.05, 3.63) is 17.5 Å². The molecule has 2 rings (SSSR count). The zero-order valence-electron chi connectivity index (χ0n) is 7.96. The molecule has 1 N–H and O–H groups in total. The lowest BCUT2D eigenvalue weighted by molar-refractivity contribution is 0.185. The fourth-order valence-corrected chi connectivity index (χ4v) is 1.62. The van der Waals surface area contributed by atoms with Crippen LogP contribution in [-0.4, -0.2) is 28.7 Å². The average Bonchev–Trinajstić information content (AvgIpc) is 2.51. The summed E-state index contributed by atoms with van der Waals surface area (Å²) in [4.78, 5) is 7.91. The minimum Gasteiger partial charge on any atom is -0.379 e. The Kier molecular flexibility index (Phi) is 2.56. The van der Waals surface area contributed by atoms with E-state index < -0.39 is 0 Å². The van der Waals surface area contributed by atoms with E-state index >= 15 is 0 Å². The molecule has 1 unspecified atom stereocenters. The molecule has 0 aromatic carbocycles. The van der Waals surface area contributed by atoms with Crippen molar-refractivity contribution in [3.8, 4) is 0 Å². The van der Waals surface area contributed by atoms with E-state index in [1.165, 1.54) is 6.33 Å². The van der Waals surface area contributed by atoms with Gasteiger partial charge in [0.1, 0.15) is 17.3 Å². The van der Waals surface area contributed by atoms with E-state index in [2.05, 4.69) is 22.2 Å². The summed E-state index contributed by atoms with van der Waals surface area (Å²) in [6.45, 7) is 3.60. The van der Waals surface area contributed by atoms with Gasteiger partial charge in [0.2, 0.25) is 0 Å². The Morgan fingerprint density at radius 1 is 1.57 bits per heavy atom. The quantitative estimate of drug-likeness (QED) is 0.760. The Labute approximate surface area is 87.7 Å². The van der Waals surface area contributed by atoms with Gasteiger partial charge in [-0.3, -0.25) is 0 Å². The predicted molar refractivity (Wildman–Crippen MR) is 54.5 cm³/mol. The summed E-state index contributed by atoms with van der Waals surface area (Å²) in [5, 5.41) is 3.75. The number of hydrogen-bond acceptors (Lipinski definition) is 4. The minimum atomic E-state index is -0.0301. The molecule has 76 valence electrons. The van der Waals surface area contributed by atoms with Crippen molar-refractivity contribution < 1.29 is 4.74 Å². The third kappa shape index (κ3) is 2.13. The molecule has 4 nitrogen and oxygen atoms in total. The molecule has 0 amide bonds. The van der Waals surface area contributed by atoms with Crippen molar-refractivity contribution in [1.29, 1.82) is 0 Å². The van der Waals surface area contributed by atoms with Gasteiger partial charge in [-0.2, -0.15) is 0 Å². The first-order valence-electron chi connectivity index (χ1n) is 4.51. The molecule has 1 saturated heterocycles. The van der Waals surface area contributed by atoms with Gasteiger partial charge in [-0.1, -0.05) is 11.6 Å². The number of aromatic nitrogens is 2. The second-order valence-electron chi connectivity index (χ2n) is 3.71. The summed E-state index contributed by atoms with van der Waals surface area (Å²) in [6.07, 6.45) is 2.43. The van der Waals surface area contributed by atoms with Gasteiger partial charge in [-0.05, 0) is 13.3 Å². The largest absolute Gasteiger partial charge is 0.379 e. The normalized spacial score (nSPS) is 26.4. The van der Waals surface area contributed by atoms with E-state index in [9.17, 15) is 0 Å². The molecular weight excluding hydrogens is 202 g/mol. The highest BCUT2D eigenvalue weighted by Crippen LogP contribution is 2.23. The Hall–Kier alpha value is -0.870. The van der Waals surface area contributed by atoms with Crippen molar-refractivity contribution in [1.82, 2.24) is 9.97 Å². The number of rotatable bonds is 2. The third-order valence-corrected chi connectivity index (χ3v) is 2.49. The topological polar surface area (TPSA) is 47.0 Å². The third-order valence-electron chi connectivity index (χ3n) is 2.28. The molecule has 1 aromatic rings. The number of hydrogen-bond donors (Lipinski definition) is 1. The number of anilines is 1. The molecule has 1 aliphatic heterocycles. The molecule has 1 aromatic heterocycles. The van der Waals surface area contributed by atoms with Gasteiger partial charge in [-0.15, -0.1) is 0 Å². The van der Waals surface area contributed by atoms with Crippen LogP contribution in [0, 0.1) is 0 Å². The number of halogens is 1. The van der Waals surface area contributed by atoms with Gasteiger partial charge in [0.05, 0.1) is 12.1 Å². The van der Waals surface area contributed by atoms with Gasteiger partial charge >= 0.3 is 0 Å². The maximum Gasteiger partial charge on any atom is 0.134 e. The van der Waals surface area contributed by atoms with Gasteiger partial charge in [0, 0.05) is 12.7 Å². The van der Waals surface area contributed by atoms with Crippen LogP contribution in [0.5, 0.6) is 0 Å². The monoisotopic (exact) mass is 213 g/mol. The Morgan fingerprint density at radius 2 is 2.43 bits per heavy atom. The average molecular weight is 214 g/mol. The van der Waals surface area contributed by atoms with Gasteiger partial charge in [-0.25, -0.2) is 9.97 Å². The second kappa shape index (κ2) is 3.71. The molecule has 2 heterocycles. The molecule has 1 atom stereocenters. The van der Waals surface area contributed by atoms with Gasteiger partial charge in [0.15, 0.2) is 0 Å². The zero-order valence-corrected chi connectivity index (χ0v) is 8.71. The minimum absolute atomic E-state index is 0.0301. The van der Waals surface area contributed by atoms with E-state index in [0.29, 0.717) is 11.8 Å². The van der Waals surface area contributed by atoms with Gasteiger partial charge < -0.3 is 10.1 Å². The Morgan fingerprint density at radius 3 is 3.07 bits per heavy atom. The molecule has 1 fully saturated rings. The van der Waals surface area contributed by atoms with E-state index in [1.54, 1.807) is 6.07 Å². The SMILES string of the molecule is CC1(Nc2cc(Cl)ncn2)CCOC1.